The predicted molar refractivity (Wildman–Crippen MR) is 76.6 cm³/mol. The highest BCUT2D eigenvalue weighted by Crippen LogP contribution is 2.36. The Morgan fingerprint density at radius 1 is 0.944 bits per heavy atom. The molecule has 3 rings (SSSR count). The maximum atomic E-state index is 6.52. The number of nitrogens with zero attached hydrogens (tertiary/aromatic N) is 1. The van der Waals surface area contributed by atoms with E-state index in [1.807, 2.05) is 0 Å². The molecular formula is C16H30N2. The minimum absolute atomic E-state index is 0.196. The quantitative estimate of drug-likeness (QED) is 0.832. The highest BCUT2D eigenvalue weighted by molar-refractivity contribution is 4.92. The zero-order valence-corrected chi connectivity index (χ0v) is 11.9. The summed E-state index contributed by atoms with van der Waals surface area (Å²) in [6.07, 6.45) is 15.3. The van der Waals surface area contributed by atoms with Crippen molar-refractivity contribution in [2.45, 2.75) is 82.2 Å². The average Bonchev–Trinajstić information content (AvgIpc) is 2.84. The van der Waals surface area contributed by atoms with Crippen molar-refractivity contribution in [3.8, 4) is 0 Å². The van der Waals surface area contributed by atoms with Gasteiger partial charge in [0.2, 0.25) is 0 Å². The van der Waals surface area contributed by atoms with E-state index in [0.717, 1.165) is 12.0 Å². The zero-order valence-electron chi connectivity index (χ0n) is 11.9. The van der Waals surface area contributed by atoms with Gasteiger partial charge in [0.15, 0.2) is 0 Å². The first kappa shape index (κ1) is 12.9. The molecule has 2 saturated carbocycles. The lowest BCUT2D eigenvalue weighted by molar-refractivity contribution is 0.0548. The monoisotopic (exact) mass is 250 g/mol. The Balaban J connectivity index is 1.54. The predicted octanol–water partition coefficient (Wildman–Crippen LogP) is 3.30. The van der Waals surface area contributed by atoms with Gasteiger partial charge in [0.25, 0.3) is 0 Å². The molecule has 2 nitrogen and oxygen atoms in total. The van der Waals surface area contributed by atoms with Gasteiger partial charge in [-0.05, 0) is 57.4 Å². The van der Waals surface area contributed by atoms with Gasteiger partial charge < -0.3 is 10.6 Å². The number of piperidine rings is 1. The minimum atomic E-state index is 0.196. The van der Waals surface area contributed by atoms with Crippen molar-refractivity contribution in [2.75, 3.05) is 13.1 Å². The SMILES string of the molecule is NC1(CCN2CCCC3CCCCC32)CCCC1. The molecule has 0 bridgehead atoms. The van der Waals surface area contributed by atoms with Crippen molar-refractivity contribution in [3.05, 3.63) is 0 Å². The standard InChI is InChI=1S/C16H30N2/c17-16(9-3-4-10-16)11-13-18-12-5-7-14-6-1-2-8-15(14)18/h14-15H,1-13,17H2. The Morgan fingerprint density at radius 2 is 1.67 bits per heavy atom. The Bertz CT molecular complexity index is 268. The van der Waals surface area contributed by atoms with Crippen LogP contribution in [0.1, 0.15) is 70.6 Å². The first-order valence-corrected chi connectivity index (χ1v) is 8.30. The second kappa shape index (κ2) is 5.50. The van der Waals surface area contributed by atoms with Crippen LogP contribution in [0, 0.1) is 5.92 Å². The summed E-state index contributed by atoms with van der Waals surface area (Å²) in [6, 6.07) is 0.914. The van der Waals surface area contributed by atoms with Crippen molar-refractivity contribution in [1.82, 2.24) is 4.90 Å². The van der Waals surface area contributed by atoms with Crippen LogP contribution in [0.4, 0.5) is 0 Å². The van der Waals surface area contributed by atoms with E-state index in [4.69, 9.17) is 5.73 Å². The molecule has 2 aliphatic carbocycles. The van der Waals surface area contributed by atoms with Gasteiger partial charge in [0.05, 0.1) is 0 Å². The van der Waals surface area contributed by atoms with Crippen LogP contribution >= 0.6 is 0 Å². The van der Waals surface area contributed by atoms with Gasteiger partial charge in [-0.15, -0.1) is 0 Å². The van der Waals surface area contributed by atoms with Crippen LogP contribution in [0.2, 0.25) is 0 Å². The summed E-state index contributed by atoms with van der Waals surface area (Å²) in [5, 5.41) is 0. The van der Waals surface area contributed by atoms with E-state index in [2.05, 4.69) is 4.90 Å². The fraction of sp³-hybridized carbons (Fsp3) is 1.00. The molecule has 2 heteroatoms. The fourth-order valence-corrected chi connectivity index (χ4v) is 4.70. The number of nitrogens with two attached hydrogens (primary N) is 1. The lowest BCUT2D eigenvalue weighted by atomic mass is 9.78. The number of hydrogen-bond donors (Lipinski definition) is 1. The number of likely N-dealkylation sites (tertiary alicyclic amines) is 1. The first-order chi connectivity index (χ1) is 8.77. The summed E-state index contributed by atoms with van der Waals surface area (Å²) in [4.78, 5) is 2.81. The highest BCUT2D eigenvalue weighted by atomic mass is 15.2. The number of hydrogen-bond acceptors (Lipinski definition) is 2. The third kappa shape index (κ3) is 2.75. The van der Waals surface area contributed by atoms with Crippen molar-refractivity contribution < 1.29 is 0 Å². The van der Waals surface area contributed by atoms with Gasteiger partial charge in [-0.3, -0.25) is 0 Å². The molecule has 18 heavy (non-hydrogen) atoms. The molecular weight excluding hydrogens is 220 g/mol. The molecule has 0 aromatic rings. The third-order valence-corrected chi connectivity index (χ3v) is 5.85. The number of rotatable bonds is 3. The molecule has 3 aliphatic rings. The smallest absolute Gasteiger partial charge is 0.0166 e. The van der Waals surface area contributed by atoms with Crippen LogP contribution < -0.4 is 5.73 Å². The topological polar surface area (TPSA) is 29.3 Å². The first-order valence-electron chi connectivity index (χ1n) is 8.30. The van der Waals surface area contributed by atoms with Gasteiger partial charge in [0, 0.05) is 18.1 Å². The van der Waals surface area contributed by atoms with Crippen LogP contribution in [0.15, 0.2) is 0 Å². The largest absolute Gasteiger partial charge is 0.325 e. The normalized spacial score (nSPS) is 36.5. The second-order valence-electron chi connectivity index (χ2n) is 7.11. The minimum Gasteiger partial charge on any atom is -0.325 e. The van der Waals surface area contributed by atoms with Crippen molar-refractivity contribution in [1.29, 1.82) is 0 Å². The maximum absolute atomic E-state index is 6.52. The summed E-state index contributed by atoms with van der Waals surface area (Å²) >= 11 is 0. The Hall–Kier alpha value is -0.0800. The Kier molecular flexibility index (Phi) is 3.95. The molecule has 1 saturated heterocycles. The van der Waals surface area contributed by atoms with Gasteiger partial charge in [0.1, 0.15) is 0 Å². The average molecular weight is 250 g/mol. The van der Waals surface area contributed by atoms with E-state index in [1.165, 1.54) is 83.7 Å². The molecule has 2 unspecified atom stereocenters. The second-order valence-corrected chi connectivity index (χ2v) is 7.11. The highest BCUT2D eigenvalue weighted by Gasteiger charge is 2.35. The summed E-state index contributed by atoms with van der Waals surface area (Å²) < 4.78 is 0. The molecule has 104 valence electrons. The lowest BCUT2D eigenvalue weighted by Gasteiger charge is -2.45. The van der Waals surface area contributed by atoms with E-state index < -0.39 is 0 Å². The third-order valence-electron chi connectivity index (χ3n) is 5.85. The van der Waals surface area contributed by atoms with Gasteiger partial charge in [-0.1, -0.05) is 25.7 Å². The molecule has 2 N–H and O–H groups in total. The van der Waals surface area contributed by atoms with Crippen molar-refractivity contribution in [2.24, 2.45) is 11.7 Å². The summed E-state index contributed by atoms with van der Waals surface area (Å²) in [7, 11) is 0. The summed E-state index contributed by atoms with van der Waals surface area (Å²) in [6.45, 7) is 2.62. The molecule has 2 atom stereocenters. The van der Waals surface area contributed by atoms with E-state index >= 15 is 0 Å². The van der Waals surface area contributed by atoms with Gasteiger partial charge in [-0.25, -0.2) is 0 Å². The van der Waals surface area contributed by atoms with Crippen LogP contribution in [-0.2, 0) is 0 Å². The Morgan fingerprint density at radius 3 is 2.50 bits per heavy atom. The van der Waals surface area contributed by atoms with Crippen molar-refractivity contribution in [3.63, 3.8) is 0 Å². The molecule has 0 spiro atoms. The Labute approximate surface area is 112 Å². The van der Waals surface area contributed by atoms with Crippen LogP contribution in [0.3, 0.4) is 0 Å². The molecule has 3 fully saturated rings. The molecule has 0 radical (unpaired) electrons. The molecule has 0 amide bonds. The maximum Gasteiger partial charge on any atom is 0.0166 e. The van der Waals surface area contributed by atoms with Crippen LogP contribution in [0.25, 0.3) is 0 Å². The van der Waals surface area contributed by atoms with Gasteiger partial charge in [-0.2, -0.15) is 0 Å². The van der Waals surface area contributed by atoms with E-state index in [1.54, 1.807) is 0 Å². The molecule has 1 heterocycles. The summed E-state index contributed by atoms with van der Waals surface area (Å²) in [5.41, 5.74) is 6.71. The van der Waals surface area contributed by atoms with Crippen LogP contribution in [-0.4, -0.2) is 29.6 Å². The molecule has 1 aliphatic heterocycles. The molecule has 0 aromatic heterocycles. The van der Waals surface area contributed by atoms with Crippen LogP contribution in [0.5, 0.6) is 0 Å². The fourth-order valence-electron chi connectivity index (χ4n) is 4.70. The lowest BCUT2D eigenvalue weighted by Crippen LogP contribution is -2.49. The molecule has 0 aromatic carbocycles. The van der Waals surface area contributed by atoms with E-state index in [0.29, 0.717) is 0 Å². The number of fused-ring (bicyclic) bond motifs is 1. The van der Waals surface area contributed by atoms with E-state index in [9.17, 15) is 0 Å². The van der Waals surface area contributed by atoms with Gasteiger partial charge >= 0.3 is 0 Å². The van der Waals surface area contributed by atoms with E-state index in [-0.39, 0.29) is 5.54 Å². The van der Waals surface area contributed by atoms with Crippen molar-refractivity contribution >= 4 is 0 Å². The summed E-state index contributed by atoms with van der Waals surface area (Å²) in [5.74, 6) is 1.02. The zero-order chi connectivity index (χ0) is 12.4.